The minimum absolute atomic E-state index is 0.527. The van der Waals surface area contributed by atoms with E-state index in [2.05, 4.69) is 9.97 Å². The lowest BCUT2D eigenvalue weighted by Crippen LogP contribution is -2.02. The van der Waals surface area contributed by atoms with Crippen LogP contribution in [0.1, 0.15) is 11.4 Å². The van der Waals surface area contributed by atoms with Gasteiger partial charge in [-0.05, 0) is 23.8 Å². The summed E-state index contributed by atoms with van der Waals surface area (Å²) in [5.74, 6) is 3.23. The smallest absolute Gasteiger partial charge is 0.204 e. The topological polar surface area (TPSA) is 69.5 Å². The maximum absolute atomic E-state index is 6.12. The summed E-state index contributed by atoms with van der Waals surface area (Å²) >= 11 is 0. The summed E-state index contributed by atoms with van der Waals surface area (Å²) in [6.07, 6.45) is 4.10. The van der Waals surface area contributed by atoms with Crippen molar-refractivity contribution >= 4 is 11.0 Å². The number of para-hydroxylation sites is 1. The Labute approximate surface area is 156 Å². The fraction of sp³-hybridized carbons (Fsp3) is 0.190. The summed E-state index contributed by atoms with van der Waals surface area (Å²) < 4.78 is 22.9. The number of hydrogen-bond donors (Lipinski definition) is 1. The molecule has 0 amide bonds. The highest BCUT2D eigenvalue weighted by atomic mass is 16.5. The zero-order valence-corrected chi connectivity index (χ0v) is 15.4. The van der Waals surface area contributed by atoms with E-state index < -0.39 is 0 Å². The van der Waals surface area contributed by atoms with Crippen molar-refractivity contribution in [2.24, 2.45) is 0 Å². The van der Waals surface area contributed by atoms with E-state index in [4.69, 9.17) is 18.6 Å². The van der Waals surface area contributed by atoms with Gasteiger partial charge in [0.2, 0.25) is 5.75 Å². The van der Waals surface area contributed by atoms with Gasteiger partial charge in [0.25, 0.3) is 0 Å². The zero-order valence-electron chi connectivity index (χ0n) is 15.4. The van der Waals surface area contributed by atoms with Crippen molar-refractivity contribution < 1.29 is 18.6 Å². The highest BCUT2D eigenvalue weighted by molar-refractivity contribution is 5.86. The van der Waals surface area contributed by atoms with Gasteiger partial charge in [0, 0.05) is 24.2 Å². The molecule has 2 heterocycles. The molecular weight excluding hydrogens is 344 g/mol. The van der Waals surface area contributed by atoms with Crippen LogP contribution in [-0.2, 0) is 6.42 Å². The number of fused-ring (bicyclic) bond motifs is 1. The predicted molar refractivity (Wildman–Crippen MR) is 103 cm³/mol. The number of imidazole rings is 1. The molecule has 0 atom stereocenters. The molecule has 138 valence electrons. The Morgan fingerprint density at radius 3 is 2.48 bits per heavy atom. The highest BCUT2D eigenvalue weighted by Gasteiger charge is 2.24. The molecule has 0 saturated carbocycles. The van der Waals surface area contributed by atoms with Crippen LogP contribution >= 0.6 is 0 Å². The lowest BCUT2D eigenvalue weighted by atomic mass is 9.99. The van der Waals surface area contributed by atoms with E-state index in [0.29, 0.717) is 29.4 Å². The molecule has 0 aliphatic rings. The number of benzene rings is 2. The summed E-state index contributed by atoms with van der Waals surface area (Å²) in [7, 11) is 4.81. The first-order valence-electron chi connectivity index (χ1n) is 8.54. The van der Waals surface area contributed by atoms with Crippen LogP contribution in [0.25, 0.3) is 22.3 Å². The fourth-order valence-corrected chi connectivity index (χ4v) is 3.30. The Balaban J connectivity index is 1.98. The zero-order chi connectivity index (χ0) is 18.8. The van der Waals surface area contributed by atoms with Crippen molar-refractivity contribution in [1.82, 2.24) is 9.97 Å². The van der Waals surface area contributed by atoms with E-state index >= 15 is 0 Å². The van der Waals surface area contributed by atoms with Crippen LogP contribution in [0.4, 0.5) is 0 Å². The molecule has 4 aromatic rings. The second-order valence-corrected chi connectivity index (χ2v) is 6.04. The highest BCUT2D eigenvalue weighted by Crippen LogP contribution is 2.48. The van der Waals surface area contributed by atoms with E-state index in [1.807, 2.05) is 36.4 Å². The van der Waals surface area contributed by atoms with Crippen LogP contribution in [0, 0.1) is 0 Å². The molecule has 0 spiro atoms. The standard InChI is InChI=1S/C21H20N2O4/c1-24-17-11-14(12-18-22-8-9-23-18)19(21(26-3)20(17)25-2)16-10-13-6-4-5-7-15(13)27-16/h4-11H,12H2,1-3H3,(H,22,23). The van der Waals surface area contributed by atoms with E-state index in [9.17, 15) is 0 Å². The van der Waals surface area contributed by atoms with E-state index in [-0.39, 0.29) is 0 Å². The Hall–Kier alpha value is -3.41. The van der Waals surface area contributed by atoms with Gasteiger partial charge in [0.15, 0.2) is 11.5 Å². The molecule has 27 heavy (non-hydrogen) atoms. The second-order valence-electron chi connectivity index (χ2n) is 6.04. The number of H-pyrrole nitrogens is 1. The number of rotatable bonds is 6. The third kappa shape index (κ3) is 2.99. The first kappa shape index (κ1) is 17.0. The van der Waals surface area contributed by atoms with Crippen LogP contribution in [0.5, 0.6) is 17.2 Å². The van der Waals surface area contributed by atoms with Crippen molar-refractivity contribution in [3.05, 3.63) is 60.2 Å². The normalized spacial score (nSPS) is 10.9. The van der Waals surface area contributed by atoms with Crippen LogP contribution in [-0.4, -0.2) is 31.3 Å². The number of ether oxygens (including phenoxy) is 3. The largest absolute Gasteiger partial charge is 0.493 e. The van der Waals surface area contributed by atoms with Gasteiger partial charge in [-0.25, -0.2) is 4.98 Å². The number of hydrogen-bond acceptors (Lipinski definition) is 5. The SMILES string of the molecule is COc1cc(Cc2ncc[nH]2)c(-c2cc3ccccc3o2)c(OC)c1OC. The van der Waals surface area contributed by atoms with Gasteiger partial charge in [-0.15, -0.1) is 0 Å². The van der Waals surface area contributed by atoms with E-state index in [0.717, 1.165) is 27.9 Å². The van der Waals surface area contributed by atoms with Crippen LogP contribution < -0.4 is 14.2 Å². The molecule has 6 nitrogen and oxygen atoms in total. The molecule has 2 aromatic carbocycles. The summed E-state index contributed by atoms with van der Waals surface area (Å²) in [5.41, 5.74) is 2.59. The van der Waals surface area contributed by atoms with Crippen LogP contribution in [0.15, 0.2) is 53.2 Å². The predicted octanol–water partition coefficient (Wildman–Crippen LogP) is 4.44. The fourth-order valence-electron chi connectivity index (χ4n) is 3.30. The third-order valence-corrected chi connectivity index (χ3v) is 4.50. The summed E-state index contributed by atoms with van der Waals surface area (Å²) in [6.45, 7) is 0. The second kappa shape index (κ2) is 7.07. The van der Waals surface area contributed by atoms with Crippen molar-refractivity contribution in [2.75, 3.05) is 21.3 Å². The number of nitrogens with one attached hydrogen (secondary N) is 1. The Morgan fingerprint density at radius 2 is 1.81 bits per heavy atom. The maximum Gasteiger partial charge on any atom is 0.204 e. The van der Waals surface area contributed by atoms with Gasteiger partial charge < -0.3 is 23.6 Å². The average molecular weight is 364 g/mol. The van der Waals surface area contributed by atoms with Gasteiger partial charge in [0.1, 0.15) is 17.2 Å². The van der Waals surface area contributed by atoms with E-state index in [1.54, 1.807) is 33.7 Å². The minimum atomic E-state index is 0.527. The lowest BCUT2D eigenvalue weighted by molar-refractivity contribution is 0.324. The summed E-state index contributed by atoms with van der Waals surface area (Å²) in [6, 6.07) is 11.8. The van der Waals surface area contributed by atoms with E-state index in [1.165, 1.54) is 0 Å². The lowest BCUT2D eigenvalue weighted by Gasteiger charge is -2.18. The molecule has 0 bridgehead atoms. The van der Waals surface area contributed by atoms with Gasteiger partial charge in [-0.2, -0.15) is 0 Å². The Morgan fingerprint density at radius 1 is 1.00 bits per heavy atom. The third-order valence-electron chi connectivity index (χ3n) is 4.50. The molecule has 0 saturated heterocycles. The summed E-state index contributed by atoms with van der Waals surface area (Å²) in [4.78, 5) is 7.48. The average Bonchev–Trinajstić information content (AvgIpc) is 3.35. The molecule has 2 aromatic heterocycles. The number of furan rings is 1. The Bertz CT molecular complexity index is 1030. The quantitative estimate of drug-likeness (QED) is 0.548. The van der Waals surface area contributed by atoms with Crippen molar-refractivity contribution in [3.63, 3.8) is 0 Å². The van der Waals surface area contributed by atoms with Gasteiger partial charge in [0.05, 0.1) is 26.9 Å². The Kier molecular flexibility index (Phi) is 4.46. The van der Waals surface area contributed by atoms with Crippen LogP contribution in [0.3, 0.4) is 0 Å². The molecule has 0 unspecified atom stereocenters. The number of aromatic nitrogens is 2. The first-order valence-corrected chi connectivity index (χ1v) is 8.54. The number of nitrogens with zero attached hydrogens (tertiary/aromatic N) is 1. The van der Waals surface area contributed by atoms with Crippen molar-refractivity contribution in [3.8, 4) is 28.6 Å². The molecule has 0 aliphatic carbocycles. The van der Waals surface area contributed by atoms with Gasteiger partial charge >= 0.3 is 0 Å². The molecule has 6 heteroatoms. The van der Waals surface area contributed by atoms with Gasteiger partial charge in [-0.1, -0.05) is 18.2 Å². The monoisotopic (exact) mass is 364 g/mol. The molecule has 0 fully saturated rings. The van der Waals surface area contributed by atoms with Crippen molar-refractivity contribution in [2.45, 2.75) is 6.42 Å². The number of aromatic amines is 1. The molecule has 1 N–H and O–H groups in total. The van der Waals surface area contributed by atoms with Gasteiger partial charge in [-0.3, -0.25) is 0 Å². The molecule has 4 rings (SSSR count). The molecule has 0 aliphatic heterocycles. The maximum atomic E-state index is 6.12. The minimum Gasteiger partial charge on any atom is -0.493 e. The molecular formula is C21H20N2O4. The first-order chi connectivity index (χ1) is 13.2. The number of methoxy groups -OCH3 is 3. The van der Waals surface area contributed by atoms with Crippen molar-refractivity contribution in [1.29, 1.82) is 0 Å². The van der Waals surface area contributed by atoms with Crippen LogP contribution in [0.2, 0.25) is 0 Å². The molecule has 0 radical (unpaired) electrons. The summed E-state index contributed by atoms with van der Waals surface area (Å²) in [5, 5.41) is 1.02.